The number of aryl methyl sites for hydroxylation is 2. The van der Waals surface area contributed by atoms with E-state index in [1.165, 1.54) is 36.0 Å². The number of rotatable bonds is 4. The van der Waals surface area contributed by atoms with E-state index in [4.69, 9.17) is 5.26 Å². The Kier molecular flexibility index (Phi) is 3.81. The molecule has 1 unspecified atom stereocenters. The number of nitriles is 1. The third kappa shape index (κ3) is 2.68. The maximum atomic E-state index is 8.73. The second-order valence-electron chi connectivity index (χ2n) is 5.06. The molecular formula is C15H20N2. The Morgan fingerprint density at radius 2 is 2.06 bits per heavy atom. The molecule has 0 amide bonds. The molecule has 1 aliphatic carbocycles. The Hall–Kier alpha value is -1.33. The van der Waals surface area contributed by atoms with Crippen LogP contribution in [0.5, 0.6) is 0 Å². The average molecular weight is 228 g/mol. The van der Waals surface area contributed by atoms with Crippen LogP contribution in [0.1, 0.15) is 42.0 Å². The van der Waals surface area contributed by atoms with Crippen LogP contribution in [0.15, 0.2) is 18.2 Å². The highest BCUT2D eigenvalue weighted by Gasteiger charge is 2.17. The summed E-state index contributed by atoms with van der Waals surface area (Å²) in [4.78, 5) is 2.22. The van der Waals surface area contributed by atoms with Crippen molar-refractivity contribution in [2.45, 2.75) is 38.1 Å². The fourth-order valence-corrected chi connectivity index (χ4v) is 2.72. The van der Waals surface area contributed by atoms with Gasteiger partial charge in [-0.3, -0.25) is 0 Å². The molecule has 17 heavy (non-hydrogen) atoms. The average Bonchev–Trinajstić information content (AvgIpc) is 2.76. The molecule has 0 spiro atoms. The van der Waals surface area contributed by atoms with Crippen molar-refractivity contribution in [3.63, 3.8) is 0 Å². The van der Waals surface area contributed by atoms with Crippen LogP contribution in [-0.4, -0.2) is 19.0 Å². The Morgan fingerprint density at radius 3 is 2.76 bits per heavy atom. The molecule has 2 heteroatoms. The van der Waals surface area contributed by atoms with E-state index in [1.807, 2.05) is 0 Å². The lowest BCUT2D eigenvalue weighted by Crippen LogP contribution is -2.20. The molecule has 90 valence electrons. The van der Waals surface area contributed by atoms with Crippen molar-refractivity contribution in [1.82, 2.24) is 4.90 Å². The zero-order chi connectivity index (χ0) is 12.3. The Morgan fingerprint density at radius 1 is 1.29 bits per heavy atom. The molecule has 1 aromatic rings. The minimum Gasteiger partial charge on any atom is -0.302 e. The van der Waals surface area contributed by atoms with E-state index in [1.54, 1.807) is 0 Å². The number of hydrogen-bond acceptors (Lipinski definition) is 2. The predicted molar refractivity (Wildman–Crippen MR) is 69.7 cm³/mol. The molecule has 1 atom stereocenters. The SMILES string of the molecule is CN(C)C(CCC#N)c1ccc2c(c1)CCC2. The van der Waals surface area contributed by atoms with Crippen LogP contribution in [0.3, 0.4) is 0 Å². The van der Waals surface area contributed by atoms with Gasteiger partial charge in [0.2, 0.25) is 0 Å². The van der Waals surface area contributed by atoms with Gasteiger partial charge in [-0.1, -0.05) is 18.2 Å². The van der Waals surface area contributed by atoms with Gasteiger partial charge in [-0.2, -0.15) is 5.26 Å². The second kappa shape index (κ2) is 5.33. The summed E-state index contributed by atoms with van der Waals surface area (Å²) in [5, 5.41) is 8.73. The molecule has 0 heterocycles. The Labute approximate surface area is 104 Å². The lowest BCUT2D eigenvalue weighted by Gasteiger charge is -2.24. The van der Waals surface area contributed by atoms with Crippen molar-refractivity contribution in [3.8, 4) is 6.07 Å². The number of fused-ring (bicyclic) bond motifs is 1. The lowest BCUT2D eigenvalue weighted by atomic mass is 9.97. The molecule has 1 aliphatic rings. The first-order valence-electron chi connectivity index (χ1n) is 6.37. The summed E-state index contributed by atoms with van der Waals surface area (Å²) in [6.45, 7) is 0. The summed E-state index contributed by atoms with van der Waals surface area (Å²) >= 11 is 0. The zero-order valence-corrected chi connectivity index (χ0v) is 10.7. The van der Waals surface area contributed by atoms with Gasteiger partial charge in [0.15, 0.2) is 0 Å². The van der Waals surface area contributed by atoms with Crippen LogP contribution in [0.2, 0.25) is 0 Å². The summed E-state index contributed by atoms with van der Waals surface area (Å²) in [6.07, 6.45) is 5.30. The van der Waals surface area contributed by atoms with E-state index in [0.29, 0.717) is 12.5 Å². The molecule has 0 aliphatic heterocycles. The molecule has 0 fully saturated rings. The summed E-state index contributed by atoms with van der Waals surface area (Å²) < 4.78 is 0. The first kappa shape index (κ1) is 12.1. The minimum absolute atomic E-state index is 0.376. The van der Waals surface area contributed by atoms with Crippen LogP contribution >= 0.6 is 0 Å². The van der Waals surface area contributed by atoms with E-state index < -0.39 is 0 Å². The van der Waals surface area contributed by atoms with Gasteiger partial charge < -0.3 is 4.90 Å². The van der Waals surface area contributed by atoms with Crippen LogP contribution in [0.4, 0.5) is 0 Å². The van der Waals surface area contributed by atoms with E-state index in [9.17, 15) is 0 Å². The second-order valence-corrected chi connectivity index (χ2v) is 5.06. The van der Waals surface area contributed by atoms with Crippen LogP contribution < -0.4 is 0 Å². The van der Waals surface area contributed by atoms with Crippen LogP contribution in [0, 0.1) is 11.3 Å². The zero-order valence-electron chi connectivity index (χ0n) is 10.7. The fourth-order valence-electron chi connectivity index (χ4n) is 2.72. The highest BCUT2D eigenvalue weighted by molar-refractivity contribution is 5.36. The fraction of sp³-hybridized carbons (Fsp3) is 0.533. The van der Waals surface area contributed by atoms with E-state index in [0.717, 1.165) is 6.42 Å². The molecule has 0 saturated carbocycles. The summed E-state index contributed by atoms with van der Waals surface area (Å²) in [5.74, 6) is 0. The summed E-state index contributed by atoms with van der Waals surface area (Å²) in [5.41, 5.74) is 4.41. The predicted octanol–water partition coefficient (Wildman–Crippen LogP) is 3.08. The third-order valence-electron chi connectivity index (χ3n) is 3.66. The van der Waals surface area contributed by atoms with Gasteiger partial charge in [0, 0.05) is 12.5 Å². The number of benzene rings is 1. The molecular weight excluding hydrogens is 208 g/mol. The number of hydrogen-bond donors (Lipinski definition) is 0. The van der Waals surface area contributed by atoms with Crippen molar-refractivity contribution in [2.75, 3.05) is 14.1 Å². The maximum Gasteiger partial charge on any atom is 0.0622 e. The highest BCUT2D eigenvalue weighted by Crippen LogP contribution is 2.29. The van der Waals surface area contributed by atoms with Gasteiger partial charge in [-0.25, -0.2) is 0 Å². The summed E-state index contributed by atoms with van der Waals surface area (Å²) in [6, 6.07) is 9.50. The molecule has 2 nitrogen and oxygen atoms in total. The lowest BCUT2D eigenvalue weighted by molar-refractivity contribution is 0.286. The van der Waals surface area contributed by atoms with Gasteiger partial charge in [0.05, 0.1) is 6.07 Å². The minimum atomic E-state index is 0.376. The normalized spacial score (nSPS) is 15.6. The third-order valence-corrected chi connectivity index (χ3v) is 3.66. The molecule has 0 bridgehead atoms. The molecule has 2 rings (SSSR count). The molecule has 1 aromatic carbocycles. The number of nitrogens with zero attached hydrogens (tertiary/aromatic N) is 2. The quantitative estimate of drug-likeness (QED) is 0.792. The van der Waals surface area contributed by atoms with Gasteiger partial charge in [-0.05, 0) is 56.5 Å². The van der Waals surface area contributed by atoms with E-state index in [-0.39, 0.29) is 0 Å². The topological polar surface area (TPSA) is 27.0 Å². The van der Waals surface area contributed by atoms with Crippen molar-refractivity contribution in [2.24, 2.45) is 0 Å². The largest absolute Gasteiger partial charge is 0.302 e. The maximum absolute atomic E-state index is 8.73. The van der Waals surface area contributed by atoms with Crippen molar-refractivity contribution < 1.29 is 0 Å². The van der Waals surface area contributed by atoms with Crippen molar-refractivity contribution in [1.29, 1.82) is 5.26 Å². The van der Waals surface area contributed by atoms with Gasteiger partial charge >= 0.3 is 0 Å². The van der Waals surface area contributed by atoms with E-state index in [2.05, 4.69) is 43.3 Å². The molecule has 0 radical (unpaired) electrons. The summed E-state index contributed by atoms with van der Waals surface area (Å²) in [7, 11) is 4.19. The van der Waals surface area contributed by atoms with Gasteiger partial charge in [0.1, 0.15) is 0 Å². The van der Waals surface area contributed by atoms with Crippen LogP contribution in [-0.2, 0) is 12.8 Å². The van der Waals surface area contributed by atoms with Gasteiger partial charge in [-0.15, -0.1) is 0 Å². The standard InChI is InChI=1S/C15H20N2/c1-17(2)15(7-4-10-16)14-9-8-12-5-3-6-13(12)11-14/h8-9,11,15H,3-7H2,1-2H3. The van der Waals surface area contributed by atoms with Gasteiger partial charge in [0.25, 0.3) is 0 Å². The molecule has 0 aromatic heterocycles. The monoisotopic (exact) mass is 228 g/mol. The Bertz CT molecular complexity index is 429. The first-order valence-corrected chi connectivity index (χ1v) is 6.37. The first-order chi connectivity index (χ1) is 8.22. The highest BCUT2D eigenvalue weighted by atomic mass is 15.1. The molecule has 0 saturated heterocycles. The van der Waals surface area contributed by atoms with Crippen molar-refractivity contribution >= 4 is 0 Å². The Balaban J connectivity index is 2.21. The smallest absolute Gasteiger partial charge is 0.0622 e. The van der Waals surface area contributed by atoms with Crippen molar-refractivity contribution in [3.05, 3.63) is 34.9 Å². The van der Waals surface area contributed by atoms with Crippen LogP contribution in [0.25, 0.3) is 0 Å². The van der Waals surface area contributed by atoms with E-state index >= 15 is 0 Å². The molecule has 0 N–H and O–H groups in total.